The highest BCUT2D eigenvalue weighted by molar-refractivity contribution is 6.28. The first-order chi connectivity index (χ1) is 31.5. The van der Waals surface area contributed by atoms with Gasteiger partial charge in [0.25, 0.3) is 11.3 Å². The second-order valence-electron chi connectivity index (χ2n) is 16.5. The monoisotopic (exact) mass is 955 g/mol. The Labute approximate surface area is 377 Å². The molecule has 0 spiro atoms. The molecule has 9 rings (SSSR count). The Bertz CT molecular complexity index is 2450. The van der Waals surface area contributed by atoms with Crippen LogP contribution < -0.4 is 11.1 Å². The van der Waals surface area contributed by atoms with E-state index in [9.17, 15) is 39.9 Å². The number of hydrogen-bond acceptors (Lipinski definition) is 12. The molecular weight excluding hydrogens is 910 g/mol. The molecule has 66 heavy (non-hydrogen) atoms. The third-order valence-corrected chi connectivity index (χ3v) is 12.5. The van der Waals surface area contributed by atoms with Crippen LogP contribution in [0.25, 0.3) is 22.8 Å². The maximum Gasteiger partial charge on any atom is 0.433 e. The third kappa shape index (κ3) is 11.0. The highest BCUT2D eigenvalue weighted by atomic mass is 35.5. The normalized spacial score (nSPS) is 22.4. The zero-order valence-electron chi connectivity index (χ0n) is 35.3. The number of morpholine rings is 2. The lowest BCUT2D eigenvalue weighted by atomic mass is 9.90. The number of hydrogen-bond donors (Lipinski definition) is 2. The molecule has 0 unspecified atom stereocenters. The van der Waals surface area contributed by atoms with Crippen LogP contribution in [0.1, 0.15) is 85.3 Å². The summed E-state index contributed by atoms with van der Waals surface area (Å²) in [4.78, 5) is 28.2. The number of aromatic nitrogens is 7. The van der Waals surface area contributed by atoms with Crippen molar-refractivity contribution < 1.29 is 53.8 Å². The van der Waals surface area contributed by atoms with Crippen molar-refractivity contribution in [3.8, 4) is 22.8 Å². The first kappa shape index (κ1) is 47.3. The van der Waals surface area contributed by atoms with E-state index in [0.29, 0.717) is 43.5 Å². The smallest absolute Gasteiger partial charge is 0.433 e. The average Bonchev–Trinajstić information content (AvgIpc) is 4.05. The molecule has 0 aromatic carbocycles. The predicted octanol–water partition coefficient (Wildman–Crippen LogP) is 8.31. The number of carbonyl (C=O) groups is 1. The lowest BCUT2D eigenvalue weighted by Crippen LogP contribution is -2.45. The van der Waals surface area contributed by atoms with Gasteiger partial charge >= 0.3 is 12.4 Å². The summed E-state index contributed by atoms with van der Waals surface area (Å²) in [6.07, 6.45) is 1.67. The van der Waals surface area contributed by atoms with Gasteiger partial charge in [0, 0.05) is 50.7 Å². The van der Waals surface area contributed by atoms with Crippen LogP contribution in [-0.2, 0) is 21.8 Å². The number of halogens is 9. The van der Waals surface area contributed by atoms with E-state index < -0.39 is 52.7 Å². The summed E-state index contributed by atoms with van der Waals surface area (Å²) in [5.41, 5.74) is 2.09. The Morgan fingerprint density at radius 1 is 0.636 bits per heavy atom. The first-order valence-corrected chi connectivity index (χ1v) is 21.9. The number of nitrogen functional groups attached to an aromatic ring is 1. The van der Waals surface area contributed by atoms with Crippen molar-refractivity contribution in [3.05, 3.63) is 77.0 Å². The molecular formula is C42H46ClF8N11O4. The molecule has 4 aliphatic rings. The predicted molar refractivity (Wildman–Crippen MR) is 222 cm³/mol. The van der Waals surface area contributed by atoms with Crippen LogP contribution in [0.4, 0.5) is 46.5 Å². The first-order valence-electron chi connectivity index (χ1n) is 21.5. The van der Waals surface area contributed by atoms with Crippen LogP contribution >= 0.6 is 11.6 Å². The largest absolute Gasteiger partial charge is 0.435 e. The zero-order valence-corrected chi connectivity index (χ0v) is 36.1. The van der Waals surface area contributed by atoms with Gasteiger partial charge < -0.3 is 24.9 Å². The minimum absolute atomic E-state index is 0.00912. The number of pyridine rings is 2. The molecule has 24 heteroatoms. The number of amides is 1. The van der Waals surface area contributed by atoms with Crippen molar-refractivity contribution in [1.82, 2.24) is 44.3 Å². The van der Waals surface area contributed by atoms with Crippen molar-refractivity contribution in [1.29, 1.82) is 0 Å². The standard InChI is InChI=1S/C23H23ClF4N6O3.C19H23F4N5O/c24-22-30-17(12-37-22)21(35)29-16-11-34(14-3-1-13(2-4-14)33-7-9-36-10-8-33)32-20(16)19-15(25)5-6-18(31-19)23(26,27)28;20-14-5-6-16(19(21,22)23)25-17(14)18-15(24)11-28(26-18)13-3-1-12(2-4-13)27-7-9-29-10-8-27/h5-6,11-14H,1-4,7-10H2,(H,29,35);5-6,11-13H,1-4,7-10,24H2. The maximum atomic E-state index is 14.7. The fourth-order valence-corrected chi connectivity index (χ4v) is 9.09. The van der Waals surface area contributed by atoms with Gasteiger partial charge in [-0.15, -0.1) is 0 Å². The van der Waals surface area contributed by atoms with E-state index in [1.165, 1.54) is 6.20 Å². The molecule has 2 saturated heterocycles. The summed E-state index contributed by atoms with van der Waals surface area (Å²) < 4.78 is 127. The number of nitrogens with one attached hydrogen (secondary N) is 1. The summed E-state index contributed by atoms with van der Waals surface area (Å²) in [5, 5.41) is 11.0. The maximum absolute atomic E-state index is 14.7. The van der Waals surface area contributed by atoms with Crippen molar-refractivity contribution >= 4 is 28.9 Å². The Hall–Kier alpha value is -5.23. The topological polar surface area (TPSA) is 168 Å². The van der Waals surface area contributed by atoms with E-state index in [0.717, 1.165) is 103 Å². The average molecular weight is 956 g/mol. The van der Waals surface area contributed by atoms with E-state index in [1.54, 1.807) is 15.6 Å². The number of oxazole rings is 1. The van der Waals surface area contributed by atoms with E-state index in [-0.39, 0.29) is 45.9 Å². The SMILES string of the molecule is Nc1cn(C2CCC(N3CCOCC3)CC2)nc1-c1nc(C(F)(F)F)ccc1F.O=C(Nc1cn(C2CCC(N3CCOCC3)CC2)nc1-c1nc(C(F)(F)F)ccc1F)c1coc(Cl)n1. The van der Waals surface area contributed by atoms with Gasteiger partial charge in [-0.1, -0.05) is 0 Å². The minimum Gasteiger partial charge on any atom is -0.435 e. The third-order valence-electron chi connectivity index (χ3n) is 12.4. The number of nitrogens with zero attached hydrogens (tertiary/aromatic N) is 9. The van der Waals surface area contributed by atoms with Gasteiger partial charge in [0.05, 0.1) is 49.9 Å². The van der Waals surface area contributed by atoms with Gasteiger partial charge in [-0.25, -0.2) is 18.7 Å². The van der Waals surface area contributed by atoms with E-state index in [1.807, 2.05) is 0 Å². The van der Waals surface area contributed by atoms with Gasteiger partial charge in [0.15, 0.2) is 17.3 Å². The summed E-state index contributed by atoms with van der Waals surface area (Å²) >= 11 is 5.64. The Morgan fingerprint density at radius 3 is 1.53 bits per heavy atom. The summed E-state index contributed by atoms with van der Waals surface area (Å²) in [7, 11) is 0. The molecule has 0 atom stereocenters. The quantitative estimate of drug-likeness (QED) is 0.143. The number of nitrogens with two attached hydrogens (primary N) is 1. The Morgan fingerprint density at radius 2 is 1.08 bits per heavy atom. The highest BCUT2D eigenvalue weighted by Crippen LogP contribution is 2.38. The number of ether oxygens (including phenoxy) is 2. The number of carbonyl (C=O) groups excluding carboxylic acids is 1. The molecule has 7 heterocycles. The fraction of sp³-hybridized carbons (Fsp3) is 0.524. The summed E-state index contributed by atoms with van der Waals surface area (Å²) in [6.45, 7) is 6.57. The molecule has 2 aliphatic carbocycles. The van der Waals surface area contributed by atoms with Crippen molar-refractivity contribution in [2.75, 3.05) is 63.7 Å². The molecule has 5 aromatic rings. The molecule has 5 aromatic heterocycles. The van der Waals surface area contributed by atoms with Crippen LogP contribution in [0.3, 0.4) is 0 Å². The van der Waals surface area contributed by atoms with E-state index in [2.05, 4.69) is 40.3 Å². The van der Waals surface area contributed by atoms with Crippen LogP contribution in [0.15, 0.2) is 47.3 Å². The number of anilines is 2. The molecule has 0 bridgehead atoms. The Kier molecular flexibility index (Phi) is 14.3. The minimum atomic E-state index is -4.79. The van der Waals surface area contributed by atoms with E-state index >= 15 is 0 Å². The second-order valence-corrected chi connectivity index (χ2v) is 16.8. The lowest BCUT2D eigenvalue weighted by Gasteiger charge is -2.38. The van der Waals surface area contributed by atoms with Crippen LogP contribution in [0.2, 0.25) is 5.35 Å². The zero-order chi connectivity index (χ0) is 46.8. The second kappa shape index (κ2) is 19.9. The van der Waals surface area contributed by atoms with Crippen molar-refractivity contribution in [2.45, 2.75) is 87.9 Å². The molecule has 2 saturated carbocycles. The van der Waals surface area contributed by atoms with Gasteiger partial charge in [0.2, 0.25) is 0 Å². The van der Waals surface area contributed by atoms with Crippen LogP contribution in [-0.4, -0.2) is 115 Å². The molecule has 4 fully saturated rings. The lowest BCUT2D eigenvalue weighted by molar-refractivity contribution is -0.141. The molecule has 2 aliphatic heterocycles. The van der Waals surface area contributed by atoms with Crippen LogP contribution in [0.5, 0.6) is 0 Å². The molecule has 3 N–H and O–H groups in total. The van der Waals surface area contributed by atoms with Gasteiger partial charge in [-0.05, 0) is 87.2 Å². The summed E-state index contributed by atoms with van der Waals surface area (Å²) in [5.74, 6) is -2.64. The van der Waals surface area contributed by atoms with Gasteiger partial charge in [-0.2, -0.15) is 41.5 Å². The molecule has 15 nitrogen and oxygen atoms in total. The summed E-state index contributed by atoms with van der Waals surface area (Å²) in [6, 6.07) is 3.50. The number of rotatable bonds is 8. The van der Waals surface area contributed by atoms with Crippen molar-refractivity contribution in [3.63, 3.8) is 0 Å². The van der Waals surface area contributed by atoms with Crippen molar-refractivity contribution in [2.24, 2.45) is 0 Å². The highest BCUT2D eigenvalue weighted by Gasteiger charge is 2.36. The fourth-order valence-electron chi connectivity index (χ4n) is 8.96. The van der Waals surface area contributed by atoms with Gasteiger partial charge in [0.1, 0.15) is 40.4 Å². The number of alkyl halides is 6. The molecule has 356 valence electrons. The van der Waals surface area contributed by atoms with E-state index in [4.69, 9.17) is 31.2 Å². The molecule has 0 radical (unpaired) electrons. The van der Waals surface area contributed by atoms with Gasteiger partial charge in [-0.3, -0.25) is 24.0 Å². The Balaban J connectivity index is 0.000000185. The molecule has 1 amide bonds. The van der Waals surface area contributed by atoms with Crippen LogP contribution in [0, 0.1) is 11.6 Å².